The van der Waals surface area contributed by atoms with E-state index in [-0.39, 0.29) is 18.1 Å². The summed E-state index contributed by atoms with van der Waals surface area (Å²) in [7, 11) is 0. The molecule has 7 nitrogen and oxygen atoms in total. The van der Waals surface area contributed by atoms with E-state index >= 15 is 0 Å². The first kappa shape index (κ1) is 15.7. The molecule has 0 saturated carbocycles. The minimum absolute atomic E-state index is 0.144. The SMILES string of the molecule is Cc1cccc(C)c1NC(=O)CCn1nc([N+](=O)[O-])cc1C. The van der Waals surface area contributed by atoms with Gasteiger partial charge in [0.2, 0.25) is 5.91 Å². The first-order chi connectivity index (χ1) is 10.4. The van der Waals surface area contributed by atoms with Crippen LogP contribution in [0.15, 0.2) is 24.3 Å². The van der Waals surface area contributed by atoms with Gasteiger partial charge in [0.25, 0.3) is 0 Å². The van der Waals surface area contributed by atoms with Crippen LogP contribution in [0, 0.1) is 30.9 Å². The van der Waals surface area contributed by atoms with Crippen molar-refractivity contribution < 1.29 is 9.72 Å². The second-order valence-corrected chi connectivity index (χ2v) is 5.19. The van der Waals surface area contributed by atoms with Crippen molar-refractivity contribution in [2.75, 3.05) is 5.32 Å². The Morgan fingerprint density at radius 1 is 1.32 bits per heavy atom. The number of hydrogen-bond donors (Lipinski definition) is 1. The molecular weight excluding hydrogens is 284 g/mol. The maximum atomic E-state index is 12.1. The van der Waals surface area contributed by atoms with E-state index < -0.39 is 4.92 Å². The van der Waals surface area contributed by atoms with Crippen molar-refractivity contribution in [3.8, 4) is 0 Å². The van der Waals surface area contributed by atoms with Gasteiger partial charge >= 0.3 is 5.82 Å². The van der Waals surface area contributed by atoms with E-state index in [2.05, 4.69) is 10.4 Å². The molecule has 0 aliphatic rings. The smallest absolute Gasteiger partial charge is 0.358 e. The fourth-order valence-corrected chi connectivity index (χ4v) is 2.23. The number of rotatable bonds is 5. The molecule has 2 aromatic rings. The summed E-state index contributed by atoms with van der Waals surface area (Å²) in [6.07, 6.45) is 0.202. The molecule has 0 radical (unpaired) electrons. The van der Waals surface area contributed by atoms with Gasteiger partial charge in [-0.15, -0.1) is 0 Å². The molecule has 1 heterocycles. The zero-order valence-corrected chi connectivity index (χ0v) is 12.8. The van der Waals surface area contributed by atoms with E-state index in [0.29, 0.717) is 12.2 Å². The molecule has 1 N–H and O–H groups in total. The molecule has 0 unspecified atom stereocenters. The molecule has 0 bridgehead atoms. The second-order valence-electron chi connectivity index (χ2n) is 5.19. The minimum atomic E-state index is -0.541. The normalized spacial score (nSPS) is 10.5. The van der Waals surface area contributed by atoms with Gasteiger partial charge in [-0.25, -0.2) is 0 Å². The van der Waals surface area contributed by atoms with Gasteiger partial charge in [-0.05, 0) is 36.8 Å². The number of carbonyl (C=O) groups excluding carboxylic acids is 1. The van der Waals surface area contributed by atoms with Gasteiger partial charge in [-0.2, -0.15) is 4.68 Å². The molecule has 0 fully saturated rings. The van der Waals surface area contributed by atoms with Crippen molar-refractivity contribution in [1.29, 1.82) is 0 Å². The Labute approximate surface area is 128 Å². The van der Waals surface area contributed by atoms with Crippen LogP contribution in [0.4, 0.5) is 11.5 Å². The highest BCUT2D eigenvalue weighted by atomic mass is 16.6. The van der Waals surface area contributed by atoms with Crippen LogP contribution in [0.5, 0.6) is 0 Å². The number of nitro groups is 1. The lowest BCUT2D eigenvalue weighted by molar-refractivity contribution is -0.389. The average molecular weight is 302 g/mol. The number of nitrogens with zero attached hydrogens (tertiary/aromatic N) is 3. The van der Waals surface area contributed by atoms with Crippen LogP contribution >= 0.6 is 0 Å². The Hall–Kier alpha value is -2.70. The van der Waals surface area contributed by atoms with Gasteiger partial charge in [0.15, 0.2) is 0 Å². The maximum Gasteiger partial charge on any atom is 0.390 e. The molecule has 0 spiro atoms. The zero-order chi connectivity index (χ0) is 16.3. The van der Waals surface area contributed by atoms with Crippen LogP contribution < -0.4 is 5.32 Å². The number of aromatic nitrogens is 2. The fourth-order valence-electron chi connectivity index (χ4n) is 2.23. The Morgan fingerprint density at radius 3 is 2.50 bits per heavy atom. The van der Waals surface area contributed by atoms with E-state index in [1.165, 1.54) is 10.7 Å². The van der Waals surface area contributed by atoms with Crippen LogP contribution in [0.2, 0.25) is 0 Å². The summed E-state index contributed by atoms with van der Waals surface area (Å²) in [6.45, 7) is 5.90. The van der Waals surface area contributed by atoms with Crippen molar-refractivity contribution >= 4 is 17.4 Å². The molecule has 2 rings (SSSR count). The number of hydrogen-bond acceptors (Lipinski definition) is 4. The zero-order valence-electron chi connectivity index (χ0n) is 12.8. The lowest BCUT2D eigenvalue weighted by Gasteiger charge is -2.11. The van der Waals surface area contributed by atoms with Crippen LogP contribution in [-0.4, -0.2) is 20.6 Å². The number of carbonyl (C=O) groups is 1. The van der Waals surface area contributed by atoms with Gasteiger partial charge in [0, 0.05) is 12.1 Å². The largest absolute Gasteiger partial charge is 0.390 e. The Kier molecular flexibility index (Phi) is 4.55. The fraction of sp³-hybridized carbons (Fsp3) is 0.333. The number of aryl methyl sites for hydroxylation is 4. The van der Waals surface area contributed by atoms with Crippen molar-refractivity contribution in [2.24, 2.45) is 0 Å². The summed E-state index contributed by atoms with van der Waals surface area (Å²) < 4.78 is 1.47. The molecule has 1 amide bonds. The van der Waals surface area contributed by atoms with E-state index in [9.17, 15) is 14.9 Å². The van der Waals surface area contributed by atoms with Crippen LogP contribution in [0.25, 0.3) is 0 Å². The third-order valence-electron chi connectivity index (χ3n) is 3.45. The molecule has 1 aromatic heterocycles. The molecular formula is C15H18N4O3. The summed E-state index contributed by atoms with van der Waals surface area (Å²) in [6, 6.07) is 7.20. The summed E-state index contributed by atoms with van der Waals surface area (Å²) in [5.41, 5.74) is 3.47. The minimum Gasteiger partial charge on any atom is -0.358 e. The second kappa shape index (κ2) is 6.38. The topological polar surface area (TPSA) is 90.1 Å². The van der Waals surface area contributed by atoms with Gasteiger partial charge in [0.1, 0.15) is 0 Å². The average Bonchev–Trinajstić information content (AvgIpc) is 2.82. The van der Waals surface area contributed by atoms with Crippen molar-refractivity contribution in [3.63, 3.8) is 0 Å². The molecule has 116 valence electrons. The summed E-state index contributed by atoms with van der Waals surface area (Å²) in [5, 5.41) is 17.4. The lowest BCUT2D eigenvalue weighted by Crippen LogP contribution is -2.16. The predicted molar refractivity (Wildman–Crippen MR) is 82.8 cm³/mol. The van der Waals surface area contributed by atoms with Crippen molar-refractivity contribution in [1.82, 2.24) is 9.78 Å². The number of benzene rings is 1. The molecule has 0 saturated heterocycles. The van der Waals surface area contributed by atoms with Crippen molar-refractivity contribution in [2.45, 2.75) is 33.7 Å². The van der Waals surface area contributed by atoms with Gasteiger partial charge < -0.3 is 15.4 Å². The van der Waals surface area contributed by atoms with Crippen LogP contribution in [0.1, 0.15) is 23.2 Å². The highest BCUT2D eigenvalue weighted by molar-refractivity contribution is 5.92. The molecule has 7 heteroatoms. The number of anilines is 1. The highest BCUT2D eigenvalue weighted by Crippen LogP contribution is 2.19. The van der Waals surface area contributed by atoms with Crippen LogP contribution in [-0.2, 0) is 11.3 Å². The monoisotopic (exact) mass is 302 g/mol. The summed E-state index contributed by atoms with van der Waals surface area (Å²) >= 11 is 0. The first-order valence-electron chi connectivity index (χ1n) is 6.93. The molecule has 0 aliphatic carbocycles. The van der Waals surface area contributed by atoms with Gasteiger partial charge in [-0.1, -0.05) is 18.2 Å². The molecule has 0 aliphatic heterocycles. The maximum absolute atomic E-state index is 12.1. The van der Waals surface area contributed by atoms with E-state index in [1.54, 1.807) is 6.92 Å². The van der Waals surface area contributed by atoms with E-state index in [1.807, 2.05) is 32.0 Å². The number of para-hydroxylation sites is 1. The number of nitrogens with one attached hydrogen (secondary N) is 1. The Balaban J connectivity index is 2.00. The van der Waals surface area contributed by atoms with Crippen LogP contribution in [0.3, 0.4) is 0 Å². The molecule has 0 atom stereocenters. The Morgan fingerprint density at radius 2 is 1.95 bits per heavy atom. The standard InChI is InChI=1S/C15H18N4O3/c1-10-5-4-6-11(2)15(10)16-14(20)7-8-18-12(3)9-13(17-18)19(21)22/h4-6,9H,7-8H2,1-3H3,(H,16,20). The van der Waals surface area contributed by atoms with E-state index in [0.717, 1.165) is 16.8 Å². The predicted octanol–water partition coefficient (Wildman–Crippen LogP) is 2.75. The quantitative estimate of drug-likeness (QED) is 0.679. The first-order valence-corrected chi connectivity index (χ1v) is 6.93. The Bertz CT molecular complexity index is 701. The van der Waals surface area contributed by atoms with E-state index in [4.69, 9.17) is 0 Å². The number of amides is 1. The lowest BCUT2D eigenvalue weighted by atomic mass is 10.1. The third-order valence-corrected chi connectivity index (χ3v) is 3.45. The third kappa shape index (κ3) is 3.49. The molecule has 22 heavy (non-hydrogen) atoms. The van der Waals surface area contributed by atoms with Crippen molar-refractivity contribution in [3.05, 3.63) is 51.2 Å². The molecule has 1 aromatic carbocycles. The summed E-state index contributed by atoms with van der Waals surface area (Å²) in [4.78, 5) is 22.2. The summed E-state index contributed by atoms with van der Waals surface area (Å²) in [5.74, 6) is -0.345. The van der Waals surface area contributed by atoms with Gasteiger partial charge in [-0.3, -0.25) is 4.79 Å². The highest BCUT2D eigenvalue weighted by Gasteiger charge is 2.16. The van der Waals surface area contributed by atoms with Gasteiger partial charge in [0.05, 0.1) is 23.4 Å².